The molecule has 0 radical (unpaired) electrons. The van der Waals surface area contributed by atoms with E-state index in [-0.39, 0.29) is 18.2 Å². The van der Waals surface area contributed by atoms with Gasteiger partial charge in [0.05, 0.1) is 23.3 Å². The molecule has 2 aromatic heterocycles. The third kappa shape index (κ3) is 3.04. The number of halogens is 1. The van der Waals surface area contributed by atoms with Gasteiger partial charge in [-0.15, -0.1) is 5.10 Å². The highest BCUT2D eigenvalue weighted by Gasteiger charge is 2.15. The Labute approximate surface area is 147 Å². The highest BCUT2D eigenvalue weighted by Crippen LogP contribution is 2.12. The molecule has 130 valence electrons. The van der Waals surface area contributed by atoms with E-state index in [4.69, 9.17) is 0 Å². The molecule has 0 saturated heterocycles. The number of fused-ring (bicyclic) bond motifs is 1. The molecule has 8 heteroatoms. The van der Waals surface area contributed by atoms with Crippen molar-refractivity contribution in [1.29, 1.82) is 0 Å². The van der Waals surface area contributed by atoms with Crippen molar-refractivity contribution in [2.24, 2.45) is 0 Å². The number of para-hydroxylation sites is 2. The number of H-pyrrole nitrogens is 1. The predicted octanol–water partition coefficient (Wildman–Crippen LogP) is 2.52. The Morgan fingerprint density at radius 1 is 1.15 bits per heavy atom. The van der Waals surface area contributed by atoms with Crippen molar-refractivity contribution in [3.8, 4) is 5.69 Å². The summed E-state index contributed by atoms with van der Waals surface area (Å²) in [5, 5.41) is 6.95. The number of rotatable bonds is 4. The topological polar surface area (TPSA) is 88.5 Å². The van der Waals surface area contributed by atoms with Crippen molar-refractivity contribution < 1.29 is 9.18 Å². The molecule has 0 aliphatic heterocycles. The van der Waals surface area contributed by atoms with Crippen LogP contribution in [0, 0.1) is 12.7 Å². The van der Waals surface area contributed by atoms with Crippen LogP contribution in [-0.4, -0.2) is 30.6 Å². The summed E-state index contributed by atoms with van der Waals surface area (Å²) in [5.41, 5.74) is 2.38. The molecule has 4 aromatic rings. The minimum Gasteiger partial charge on any atom is -0.342 e. The number of hydrogen-bond donors (Lipinski definition) is 2. The molecule has 0 aliphatic rings. The van der Waals surface area contributed by atoms with E-state index >= 15 is 0 Å². The lowest BCUT2D eigenvalue weighted by atomic mass is 10.3. The molecule has 0 saturated carbocycles. The summed E-state index contributed by atoms with van der Waals surface area (Å²) >= 11 is 0. The van der Waals surface area contributed by atoms with Crippen molar-refractivity contribution >= 4 is 16.9 Å². The molecule has 0 bridgehead atoms. The molecule has 4 rings (SSSR count). The highest BCUT2D eigenvalue weighted by molar-refractivity contribution is 5.90. The van der Waals surface area contributed by atoms with Gasteiger partial charge in [0.15, 0.2) is 0 Å². The molecule has 26 heavy (non-hydrogen) atoms. The zero-order chi connectivity index (χ0) is 18.1. The first-order chi connectivity index (χ1) is 12.6. The lowest BCUT2D eigenvalue weighted by Gasteiger charge is -2.02. The quantitative estimate of drug-likeness (QED) is 0.592. The van der Waals surface area contributed by atoms with Gasteiger partial charge in [-0.05, 0) is 43.3 Å². The second-order valence-electron chi connectivity index (χ2n) is 5.75. The molecule has 7 nitrogen and oxygen atoms in total. The number of nitrogens with zero attached hydrogens (tertiary/aromatic N) is 4. The van der Waals surface area contributed by atoms with E-state index in [1.165, 1.54) is 16.8 Å². The largest absolute Gasteiger partial charge is 0.342 e. The van der Waals surface area contributed by atoms with Gasteiger partial charge < -0.3 is 10.3 Å². The molecule has 0 fully saturated rings. The highest BCUT2D eigenvalue weighted by atomic mass is 19.1. The minimum atomic E-state index is -0.408. The monoisotopic (exact) mass is 350 g/mol. The van der Waals surface area contributed by atoms with Crippen LogP contribution in [0.3, 0.4) is 0 Å². The average molecular weight is 350 g/mol. The van der Waals surface area contributed by atoms with Crippen LogP contribution in [0.2, 0.25) is 0 Å². The van der Waals surface area contributed by atoms with Gasteiger partial charge in [-0.25, -0.2) is 19.0 Å². The summed E-state index contributed by atoms with van der Waals surface area (Å²) in [5.74, 6) is 0.479. The fraction of sp³-hybridized carbons (Fsp3) is 0.111. The van der Waals surface area contributed by atoms with E-state index in [9.17, 15) is 9.18 Å². The zero-order valence-electron chi connectivity index (χ0n) is 13.9. The number of imidazole rings is 1. The molecular formula is C18H15FN6O. The fourth-order valence-electron chi connectivity index (χ4n) is 2.65. The second kappa shape index (κ2) is 6.40. The normalized spacial score (nSPS) is 11.0. The Kier molecular flexibility index (Phi) is 3.92. The van der Waals surface area contributed by atoms with E-state index in [0.29, 0.717) is 17.3 Å². The maximum atomic E-state index is 13.1. The molecule has 0 atom stereocenters. The first-order valence-electron chi connectivity index (χ1n) is 8.01. The summed E-state index contributed by atoms with van der Waals surface area (Å²) in [4.78, 5) is 24.1. The first kappa shape index (κ1) is 15.9. The number of benzene rings is 2. The summed E-state index contributed by atoms with van der Waals surface area (Å²) < 4.78 is 14.6. The number of hydrogen-bond acceptors (Lipinski definition) is 4. The number of aromatic nitrogens is 5. The predicted molar refractivity (Wildman–Crippen MR) is 93.3 cm³/mol. The van der Waals surface area contributed by atoms with Crippen molar-refractivity contribution in [3.05, 3.63) is 71.8 Å². The molecule has 0 aliphatic carbocycles. The van der Waals surface area contributed by atoms with Crippen LogP contribution in [0.1, 0.15) is 22.3 Å². The van der Waals surface area contributed by atoms with E-state index in [1.54, 1.807) is 19.1 Å². The zero-order valence-corrected chi connectivity index (χ0v) is 13.9. The average Bonchev–Trinajstić information content (AvgIpc) is 3.23. The molecule has 1 amide bonds. The first-order valence-corrected chi connectivity index (χ1v) is 8.01. The van der Waals surface area contributed by atoms with Gasteiger partial charge in [0.1, 0.15) is 17.5 Å². The van der Waals surface area contributed by atoms with Gasteiger partial charge in [-0.1, -0.05) is 12.1 Å². The van der Waals surface area contributed by atoms with E-state index in [0.717, 1.165) is 11.0 Å². The van der Waals surface area contributed by atoms with Gasteiger partial charge in [0, 0.05) is 0 Å². The molecule has 2 N–H and O–H groups in total. The van der Waals surface area contributed by atoms with E-state index < -0.39 is 5.91 Å². The van der Waals surface area contributed by atoms with Crippen LogP contribution in [0.4, 0.5) is 4.39 Å². The number of carbonyl (C=O) groups excluding carboxylic acids is 1. The summed E-state index contributed by atoms with van der Waals surface area (Å²) in [6.07, 6.45) is 0. The lowest BCUT2D eigenvalue weighted by Crippen LogP contribution is -2.24. The smallest absolute Gasteiger partial charge is 0.291 e. The molecule has 2 aromatic carbocycles. The summed E-state index contributed by atoms with van der Waals surface area (Å²) in [6.45, 7) is 1.96. The Hall–Kier alpha value is -3.55. The van der Waals surface area contributed by atoms with Gasteiger partial charge in [-0.3, -0.25) is 4.79 Å². The maximum absolute atomic E-state index is 13.1. The molecule has 0 unspecified atom stereocenters. The third-order valence-electron chi connectivity index (χ3n) is 3.90. The number of carbonyl (C=O) groups is 1. The number of amides is 1. The lowest BCUT2D eigenvalue weighted by molar-refractivity contribution is 0.0939. The van der Waals surface area contributed by atoms with Gasteiger partial charge >= 0.3 is 0 Å². The molecule has 0 spiro atoms. The van der Waals surface area contributed by atoms with Crippen molar-refractivity contribution in [2.75, 3.05) is 0 Å². The SMILES string of the molecule is Cc1nc(C(=O)NCc2nc3ccccc3[nH]2)nn1-c1ccc(F)cc1. The second-order valence-corrected chi connectivity index (χ2v) is 5.75. The number of nitrogens with one attached hydrogen (secondary N) is 2. The molecular weight excluding hydrogens is 335 g/mol. The van der Waals surface area contributed by atoms with Crippen LogP contribution < -0.4 is 5.32 Å². The summed E-state index contributed by atoms with van der Waals surface area (Å²) in [6, 6.07) is 13.4. The number of aryl methyl sites for hydroxylation is 1. The third-order valence-corrected chi connectivity index (χ3v) is 3.90. The van der Waals surface area contributed by atoms with Crippen LogP contribution in [0.15, 0.2) is 48.5 Å². The Bertz CT molecular complexity index is 1050. The van der Waals surface area contributed by atoms with E-state index in [1.807, 2.05) is 24.3 Å². The number of aromatic amines is 1. The fourth-order valence-corrected chi connectivity index (χ4v) is 2.65. The summed E-state index contributed by atoms with van der Waals surface area (Å²) in [7, 11) is 0. The van der Waals surface area contributed by atoms with Crippen molar-refractivity contribution in [3.63, 3.8) is 0 Å². The standard InChI is InChI=1S/C18H15FN6O/c1-11-21-17(24-25(11)13-8-6-12(19)7-9-13)18(26)20-10-16-22-14-4-2-3-5-15(14)23-16/h2-9H,10H2,1H3,(H,20,26)(H,22,23). The van der Waals surface area contributed by atoms with Crippen LogP contribution >= 0.6 is 0 Å². The van der Waals surface area contributed by atoms with E-state index in [2.05, 4.69) is 25.4 Å². The van der Waals surface area contributed by atoms with Crippen LogP contribution in [0.25, 0.3) is 16.7 Å². The Balaban J connectivity index is 1.49. The van der Waals surface area contributed by atoms with Gasteiger partial charge in [0.25, 0.3) is 5.91 Å². The van der Waals surface area contributed by atoms with Crippen LogP contribution in [-0.2, 0) is 6.54 Å². The van der Waals surface area contributed by atoms with Gasteiger partial charge in [-0.2, -0.15) is 0 Å². The van der Waals surface area contributed by atoms with Gasteiger partial charge in [0.2, 0.25) is 5.82 Å². The minimum absolute atomic E-state index is 0.0444. The molecule has 2 heterocycles. The van der Waals surface area contributed by atoms with Crippen molar-refractivity contribution in [1.82, 2.24) is 30.0 Å². The van der Waals surface area contributed by atoms with Crippen molar-refractivity contribution in [2.45, 2.75) is 13.5 Å². The Morgan fingerprint density at radius 3 is 2.69 bits per heavy atom. The Morgan fingerprint density at radius 2 is 1.92 bits per heavy atom. The van der Waals surface area contributed by atoms with Crippen LogP contribution in [0.5, 0.6) is 0 Å². The maximum Gasteiger partial charge on any atom is 0.291 e.